The molecule has 1 heterocycles. The van der Waals surface area contributed by atoms with E-state index in [2.05, 4.69) is 13.8 Å². The first kappa shape index (κ1) is 24.5. The Kier molecular flexibility index (Phi) is 6.19. The van der Waals surface area contributed by atoms with Crippen LogP contribution in [0.1, 0.15) is 67.9 Å². The van der Waals surface area contributed by atoms with Crippen molar-refractivity contribution in [2.75, 3.05) is 7.11 Å². The van der Waals surface area contributed by atoms with Crippen molar-refractivity contribution >= 4 is 15.9 Å². The number of aryl methyl sites for hydroxylation is 1. The number of benzene rings is 2. The summed E-state index contributed by atoms with van der Waals surface area (Å²) in [7, 11) is -2.73. The molecule has 0 aromatic heterocycles. The molecular formula is C26H32O7S. The predicted octanol–water partition coefficient (Wildman–Crippen LogP) is 4.64. The van der Waals surface area contributed by atoms with Crippen LogP contribution in [0.4, 0.5) is 0 Å². The van der Waals surface area contributed by atoms with Crippen LogP contribution in [0.3, 0.4) is 0 Å². The Morgan fingerprint density at radius 2 is 1.85 bits per heavy atom. The summed E-state index contributed by atoms with van der Waals surface area (Å²) in [6.07, 6.45) is 0.779. The van der Waals surface area contributed by atoms with Gasteiger partial charge in [-0.3, -0.25) is 4.79 Å². The number of ketones is 1. The minimum Gasteiger partial charge on any atom is -0.496 e. The molecule has 2 aromatic rings. The third-order valence-electron chi connectivity index (χ3n) is 7.15. The molecule has 0 amide bonds. The lowest BCUT2D eigenvalue weighted by molar-refractivity contribution is -0.0919. The quantitative estimate of drug-likeness (QED) is 0.467. The molecule has 1 N–H and O–H groups in total. The fraction of sp³-hybridized carbons (Fsp3) is 0.500. The zero-order valence-electron chi connectivity index (χ0n) is 20.4. The Morgan fingerprint density at radius 3 is 2.41 bits per heavy atom. The highest BCUT2D eigenvalue weighted by Gasteiger charge is 2.55. The number of hydrogen-bond donors (Lipinski definition) is 1. The lowest BCUT2D eigenvalue weighted by atomic mass is 9.65. The van der Waals surface area contributed by atoms with Gasteiger partial charge in [0.05, 0.1) is 12.7 Å². The van der Waals surface area contributed by atoms with Gasteiger partial charge in [0, 0.05) is 17.5 Å². The monoisotopic (exact) mass is 488 g/mol. The van der Waals surface area contributed by atoms with E-state index in [0.717, 1.165) is 12.0 Å². The van der Waals surface area contributed by atoms with E-state index in [4.69, 9.17) is 13.7 Å². The summed E-state index contributed by atoms with van der Waals surface area (Å²) in [4.78, 5) is 12.8. The molecule has 2 aromatic carbocycles. The highest BCUT2D eigenvalue weighted by Crippen LogP contribution is 2.58. The Balaban J connectivity index is 1.89. The van der Waals surface area contributed by atoms with Crippen LogP contribution in [-0.2, 0) is 10.1 Å². The number of Topliss-reactive ketones (excluding diaryl/α,β-unsaturated/α-hetero) is 1. The van der Waals surface area contributed by atoms with Crippen LogP contribution < -0.4 is 13.7 Å². The minimum atomic E-state index is -4.21. The normalized spacial score (nSPS) is 25.9. The topological polar surface area (TPSA) is 99.1 Å². The fourth-order valence-electron chi connectivity index (χ4n) is 5.34. The van der Waals surface area contributed by atoms with Crippen LogP contribution in [0.5, 0.6) is 17.2 Å². The largest absolute Gasteiger partial charge is 0.496 e. The Morgan fingerprint density at radius 1 is 1.21 bits per heavy atom. The van der Waals surface area contributed by atoms with Crippen molar-refractivity contribution < 1.29 is 32.0 Å². The first-order chi connectivity index (χ1) is 15.9. The van der Waals surface area contributed by atoms with Gasteiger partial charge in [-0.2, -0.15) is 8.42 Å². The smallest absolute Gasteiger partial charge is 0.339 e. The van der Waals surface area contributed by atoms with Crippen molar-refractivity contribution in [1.82, 2.24) is 0 Å². The van der Waals surface area contributed by atoms with Crippen molar-refractivity contribution in [3.63, 3.8) is 0 Å². The molecule has 1 fully saturated rings. The van der Waals surface area contributed by atoms with Gasteiger partial charge in [0.15, 0.2) is 11.5 Å². The molecule has 1 aliphatic heterocycles. The lowest BCUT2D eigenvalue weighted by Crippen LogP contribution is -2.51. The highest BCUT2D eigenvalue weighted by molar-refractivity contribution is 7.87. The minimum absolute atomic E-state index is 0.0236. The van der Waals surface area contributed by atoms with Crippen molar-refractivity contribution in [2.24, 2.45) is 11.8 Å². The predicted molar refractivity (Wildman–Crippen MR) is 127 cm³/mol. The molecule has 0 bridgehead atoms. The Hall–Kier alpha value is -2.58. The second kappa shape index (κ2) is 8.57. The number of hydrogen-bond acceptors (Lipinski definition) is 7. The van der Waals surface area contributed by atoms with E-state index in [0.29, 0.717) is 23.7 Å². The van der Waals surface area contributed by atoms with Crippen LogP contribution in [0.15, 0.2) is 35.2 Å². The van der Waals surface area contributed by atoms with Crippen molar-refractivity contribution in [1.29, 1.82) is 0 Å². The average Bonchev–Trinajstić information content (AvgIpc) is 3.14. The number of aliphatic hydroxyl groups is 1. The summed E-state index contributed by atoms with van der Waals surface area (Å²) < 4.78 is 43.5. The highest BCUT2D eigenvalue weighted by atomic mass is 32.2. The van der Waals surface area contributed by atoms with Gasteiger partial charge in [-0.05, 0) is 57.6 Å². The molecule has 0 spiro atoms. The SMILES string of the molecule is COc1cc(OS(=O)(=O)c2ccc(C)cc2)c(C(C)=O)c2c1[C@@H]1[C@@H](C(C)C)CC[C@@](C)(O)[C@@H]1O2. The van der Waals surface area contributed by atoms with E-state index in [1.807, 2.05) is 6.92 Å². The summed E-state index contributed by atoms with van der Waals surface area (Å²) >= 11 is 0. The Bertz CT molecular complexity index is 1210. The maximum Gasteiger partial charge on any atom is 0.339 e. The molecule has 7 nitrogen and oxygen atoms in total. The second-order valence-electron chi connectivity index (χ2n) is 9.97. The van der Waals surface area contributed by atoms with Gasteiger partial charge >= 0.3 is 10.1 Å². The molecule has 34 heavy (non-hydrogen) atoms. The summed E-state index contributed by atoms with van der Waals surface area (Å²) in [5.41, 5.74) is 0.532. The second-order valence-corrected chi connectivity index (χ2v) is 11.5. The van der Waals surface area contributed by atoms with Crippen LogP contribution in [-0.4, -0.2) is 38.1 Å². The van der Waals surface area contributed by atoms with E-state index in [-0.39, 0.29) is 33.8 Å². The van der Waals surface area contributed by atoms with Gasteiger partial charge in [0.25, 0.3) is 0 Å². The van der Waals surface area contributed by atoms with E-state index < -0.39 is 27.6 Å². The maximum absolute atomic E-state index is 13.0. The lowest BCUT2D eigenvalue weighted by Gasteiger charge is -2.44. The summed E-state index contributed by atoms with van der Waals surface area (Å²) in [6, 6.07) is 7.71. The third kappa shape index (κ3) is 4.07. The summed E-state index contributed by atoms with van der Waals surface area (Å²) in [5, 5.41) is 11.2. The first-order valence-corrected chi connectivity index (χ1v) is 12.9. The van der Waals surface area contributed by atoms with E-state index in [1.165, 1.54) is 32.2 Å². The molecule has 1 aliphatic carbocycles. The standard InChI is InChI=1S/C26H32O7S/c1-14(2)18-11-12-26(5,28)25-22(18)23-19(31-6)13-20(21(16(4)27)24(23)32-25)33-34(29,30)17-9-7-15(3)8-10-17/h7-10,13-14,18,22,25,28H,11-12H2,1-6H3/t18-,22+,25-,26-/m1/s1. The van der Waals surface area contributed by atoms with Gasteiger partial charge in [-0.25, -0.2) is 0 Å². The zero-order valence-corrected chi connectivity index (χ0v) is 21.2. The van der Waals surface area contributed by atoms with Crippen molar-refractivity contribution in [3.8, 4) is 17.2 Å². The van der Waals surface area contributed by atoms with E-state index in [9.17, 15) is 18.3 Å². The molecule has 4 atom stereocenters. The van der Waals surface area contributed by atoms with Gasteiger partial charge in [0.1, 0.15) is 28.1 Å². The third-order valence-corrected chi connectivity index (χ3v) is 8.39. The molecule has 8 heteroatoms. The Labute approximate surface area is 201 Å². The number of ether oxygens (including phenoxy) is 2. The molecule has 0 saturated heterocycles. The van der Waals surface area contributed by atoms with Gasteiger partial charge in [-0.1, -0.05) is 31.5 Å². The molecule has 184 valence electrons. The number of methoxy groups -OCH3 is 1. The van der Waals surface area contributed by atoms with Crippen LogP contribution in [0, 0.1) is 18.8 Å². The van der Waals surface area contributed by atoms with Crippen LogP contribution in [0.25, 0.3) is 0 Å². The molecule has 1 saturated carbocycles. The number of carbonyl (C=O) groups is 1. The van der Waals surface area contributed by atoms with Crippen LogP contribution >= 0.6 is 0 Å². The summed E-state index contributed by atoms with van der Waals surface area (Å²) in [5.74, 6) is 0.378. The molecular weight excluding hydrogens is 456 g/mol. The van der Waals surface area contributed by atoms with Crippen LogP contribution in [0.2, 0.25) is 0 Å². The molecule has 2 aliphatic rings. The maximum atomic E-state index is 13.0. The van der Waals surface area contributed by atoms with E-state index >= 15 is 0 Å². The fourth-order valence-corrected chi connectivity index (χ4v) is 6.27. The van der Waals surface area contributed by atoms with E-state index in [1.54, 1.807) is 19.1 Å². The van der Waals surface area contributed by atoms with Crippen molar-refractivity contribution in [3.05, 3.63) is 47.0 Å². The van der Waals surface area contributed by atoms with Gasteiger partial charge in [-0.15, -0.1) is 0 Å². The molecule has 0 radical (unpaired) electrons. The first-order valence-electron chi connectivity index (χ1n) is 11.5. The van der Waals surface area contributed by atoms with Gasteiger partial charge < -0.3 is 18.8 Å². The molecule has 4 rings (SSSR count). The summed E-state index contributed by atoms with van der Waals surface area (Å²) in [6.45, 7) is 9.20. The number of rotatable bonds is 6. The number of fused-ring (bicyclic) bond motifs is 3. The molecule has 0 unspecified atom stereocenters. The average molecular weight is 489 g/mol. The van der Waals surface area contributed by atoms with Crippen molar-refractivity contribution in [2.45, 2.75) is 70.0 Å². The zero-order chi connectivity index (χ0) is 25.0. The van der Waals surface area contributed by atoms with Gasteiger partial charge in [0.2, 0.25) is 0 Å². The number of carbonyl (C=O) groups excluding carboxylic acids is 1.